The topological polar surface area (TPSA) is 32.3 Å². The van der Waals surface area contributed by atoms with Gasteiger partial charge in [-0.1, -0.05) is 12.1 Å². The monoisotopic (exact) mass is 201 g/mol. The summed E-state index contributed by atoms with van der Waals surface area (Å²) in [4.78, 5) is 0. The van der Waals surface area contributed by atoms with Gasteiger partial charge < -0.3 is 10.4 Å². The third kappa shape index (κ3) is 2.67. The van der Waals surface area contributed by atoms with E-state index in [0.29, 0.717) is 5.69 Å². The summed E-state index contributed by atoms with van der Waals surface area (Å²) in [6.45, 7) is 0.923. The lowest BCUT2D eigenvalue weighted by Gasteiger charge is -2.12. The number of alkyl halides is 1. The number of benzene rings is 1. The lowest BCUT2D eigenvalue weighted by Crippen LogP contribution is -2.22. The van der Waals surface area contributed by atoms with Gasteiger partial charge in [0, 0.05) is 6.54 Å². The second-order valence-corrected chi connectivity index (χ2v) is 3.12. The fraction of sp³-hybridized carbons (Fsp3) is 0.400. The molecule has 0 aliphatic heterocycles. The van der Waals surface area contributed by atoms with Gasteiger partial charge in [0.25, 0.3) is 0 Å². The number of nitrogens with one attached hydrogen (secondary N) is 1. The fourth-order valence-electron chi connectivity index (χ4n) is 1.13. The van der Waals surface area contributed by atoms with E-state index in [1.165, 1.54) is 6.07 Å². The molecule has 1 rings (SSSR count). The molecular formula is C10H13F2NO. The molecule has 2 N–H and O–H groups in total. The van der Waals surface area contributed by atoms with Gasteiger partial charge >= 0.3 is 0 Å². The minimum atomic E-state index is -1.09. The van der Waals surface area contributed by atoms with Crippen molar-refractivity contribution >= 4 is 5.69 Å². The van der Waals surface area contributed by atoms with E-state index >= 15 is 0 Å². The van der Waals surface area contributed by atoms with Gasteiger partial charge in [0.1, 0.15) is 12.5 Å². The van der Waals surface area contributed by atoms with Crippen LogP contribution in [-0.2, 0) is 0 Å². The van der Waals surface area contributed by atoms with Crippen LogP contribution in [0.15, 0.2) is 18.2 Å². The molecule has 0 radical (unpaired) electrons. The Balaban J connectivity index is 2.66. The van der Waals surface area contributed by atoms with Gasteiger partial charge in [-0.3, -0.25) is 0 Å². The molecule has 0 fully saturated rings. The highest BCUT2D eigenvalue weighted by atomic mass is 19.1. The molecule has 1 aromatic carbocycles. The standard InChI is InChI=1S/C10H13F2NO/c1-7-3-2-4-9(12)10(7)13-6-8(14)5-11/h2-4,8,13-14H,5-6H2,1H3. The van der Waals surface area contributed by atoms with Crippen molar-refractivity contribution in [2.24, 2.45) is 0 Å². The van der Waals surface area contributed by atoms with Crippen molar-refractivity contribution < 1.29 is 13.9 Å². The van der Waals surface area contributed by atoms with Crippen molar-refractivity contribution in [3.63, 3.8) is 0 Å². The Labute approximate surface area is 81.6 Å². The Bertz CT molecular complexity index is 284. The number of aryl methyl sites for hydroxylation is 1. The molecule has 0 aliphatic rings. The number of hydrogen-bond donors (Lipinski definition) is 2. The first kappa shape index (κ1) is 10.9. The third-order valence-corrected chi connectivity index (χ3v) is 1.91. The summed E-state index contributed by atoms with van der Waals surface area (Å²) in [7, 11) is 0. The number of rotatable bonds is 4. The Hall–Kier alpha value is -1.16. The van der Waals surface area contributed by atoms with E-state index in [0.717, 1.165) is 5.56 Å². The van der Waals surface area contributed by atoms with Gasteiger partial charge in [-0.25, -0.2) is 8.78 Å². The maximum atomic E-state index is 13.2. The van der Waals surface area contributed by atoms with Crippen LogP contribution in [0.4, 0.5) is 14.5 Å². The largest absolute Gasteiger partial charge is 0.389 e. The van der Waals surface area contributed by atoms with Crippen LogP contribution in [0.2, 0.25) is 0 Å². The summed E-state index contributed by atoms with van der Waals surface area (Å²) in [6, 6.07) is 4.66. The first-order valence-corrected chi connectivity index (χ1v) is 4.38. The van der Waals surface area contributed by atoms with Crippen molar-refractivity contribution in [1.82, 2.24) is 0 Å². The minimum Gasteiger partial charge on any atom is -0.389 e. The number of aliphatic hydroxyl groups excluding tert-OH is 1. The SMILES string of the molecule is Cc1cccc(F)c1NCC(O)CF. The van der Waals surface area contributed by atoms with E-state index in [2.05, 4.69) is 5.32 Å². The van der Waals surface area contributed by atoms with Crippen LogP contribution in [0.25, 0.3) is 0 Å². The van der Waals surface area contributed by atoms with Crippen molar-refractivity contribution in [1.29, 1.82) is 0 Å². The van der Waals surface area contributed by atoms with Crippen LogP contribution in [0.1, 0.15) is 5.56 Å². The lowest BCUT2D eigenvalue weighted by atomic mass is 10.2. The number of anilines is 1. The predicted molar refractivity (Wildman–Crippen MR) is 51.6 cm³/mol. The second kappa shape index (κ2) is 4.91. The van der Waals surface area contributed by atoms with Gasteiger partial charge in [-0.2, -0.15) is 0 Å². The van der Waals surface area contributed by atoms with E-state index in [9.17, 15) is 8.78 Å². The summed E-state index contributed by atoms with van der Waals surface area (Å²) in [5, 5.41) is 11.6. The Morgan fingerprint density at radius 2 is 2.21 bits per heavy atom. The molecule has 1 aromatic rings. The average Bonchev–Trinajstić information content (AvgIpc) is 2.16. The molecule has 14 heavy (non-hydrogen) atoms. The van der Waals surface area contributed by atoms with Crippen LogP contribution in [0.3, 0.4) is 0 Å². The maximum Gasteiger partial charge on any atom is 0.146 e. The van der Waals surface area contributed by atoms with E-state index in [4.69, 9.17) is 5.11 Å². The van der Waals surface area contributed by atoms with Crippen LogP contribution in [0.5, 0.6) is 0 Å². The van der Waals surface area contributed by atoms with Gasteiger partial charge in [0.15, 0.2) is 0 Å². The molecule has 2 nitrogen and oxygen atoms in total. The van der Waals surface area contributed by atoms with E-state index in [-0.39, 0.29) is 6.54 Å². The van der Waals surface area contributed by atoms with E-state index in [1.54, 1.807) is 19.1 Å². The molecular weight excluding hydrogens is 188 g/mol. The van der Waals surface area contributed by atoms with Gasteiger partial charge in [-0.05, 0) is 18.6 Å². The zero-order valence-corrected chi connectivity index (χ0v) is 7.93. The summed E-state index contributed by atoms with van der Waals surface area (Å²) in [5.41, 5.74) is 1.05. The molecule has 0 amide bonds. The summed E-state index contributed by atoms with van der Waals surface area (Å²) in [5.74, 6) is -0.393. The molecule has 1 unspecified atom stereocenters. The first-order chi connectivity index (χ1) is 6.65. The maximum absolute atomic E-state index is 13.2. The van der Waals surface area contributed by atoms with Crippen molar-refractivity contribution in [2.45, 2.75) is 13.0 Å². The average molecular weight is 201 g/mol. The zero-order valence-electron chi connectivity index (χ0n) is 7.93. The Morgan fingerprint density at radius 1 is 1.50 bits per heavy atom. The molecule has 0 heterocycles. The fourth-order valence-corrected chi connectivity index (χ4v) is 1.13. The van der Waals surface area contributed by atoms with E-state index < -0.39 is 18.6 Å². The summed E-state index contributed by atoms with van der Waals surface area (Å²) in [6.07, 6.45) is -1.09. The highest BCUT2D eigenvalue weighted by Gasteiger charge is 2.07. The molecule has 0 bridgehead atoms. The van der Waals surface area contributed by atoms with Crippen molar-refractivity contribution in [3.8, 4) is 0 Å². The molecule has 0 saturated heterocycles. The molecule has 0 spiro atoms. The molecule has 1 atom stereocenters. The molecule has 4 heteroatoms. The predicted octanol–water partition coefficient (Wildman–Crippen LogP) is 1.88. The molecule has 78 valence electrons. The smallest absolute Gasteiger partial charge is 0.146 e. The van der Waals surface area contributed by atoms with E-state index in [1.807, 2.05) is 0 Å². The highest BCUT2D eigenvalue weighted by molar-refractivity contribution is 5.51. The third-order valence-electron chi connectivity index (χ3n) is 1.91. The lowest BCUT2D eigenvalue weighted by molar-refractivity contribution is 0.151. The Morgan fingerprint density at radius 3 is 2.79 bits per heavy atom. The minimum absolute atomic E-state index is 0.0122. The molecule has 0 aliphatic carbocycles. The Kier molecular flexibility index (Phi) is 3.83. The summed E-state index contributed by atoms with van der Waals surface area (Å²) >= 11 is 0. The van der Waals surface area contributed by atoms with Crippen LogP contribution in [-0.4, -0.2) is 24.4 Å². The highest BCUT2D eigenvalue weighted by Crippen LogP contribution is 2.18. The normalized spacial score (nSPS) is 12.6. The molecule has 0 saturated carbocycles. The van der Waals surface area contributed by atoms with Gasteiger partial charge in [0.2, 0.25) is 0 Å². The number of hydrogen-bond acceptors (Lipinski definition) is 2. The quantitative estimate of drug-likeness (QED) is 0.779. The van der Waals surface area contributed by atoms with Crippen LogP contribution >= 0.6 is 0 Å². The van der Waals surface area contributed by atoms with Gasteiger partial charge in [-0.15, -0.1) is 0 Å². The van der Waals surface area contributed by atoms with Gasteiger partial charge in [0.05, 0.1) is 11.8 Å². The number of para-hydroxylation sites is 1. The van der Waals surface area contributed by atoms with Crippen molar-refractivity contribution in [3.05, 3.63) is 29.6 Å². The second-order valence-electron chi connectivity index (χ2n) is 3.12. The zero-order chi connectivity index (χ0) is 10.6. The van der Waals surface area contributed by atoms with Crippen molar-refractivity contribution in [2.75, 3.05) is 18.5 Å². The first-order valence-electron chi connectivity index (χ1n) is 4.38. The summed E-state index contributed by atoms with van der Waals surface area (Å²) < 4.78 is 25.1. The number of halogens is 2. The van der Waals surface area contributed by atoms with Crippen LogP contribution in [0, 0.1) is 12.7 Å². The van der Waals surface area contributed by atoms with Crippen LogP contribution < -0.4 is 5.32 Å². The molecule has 0 aromatic heterocycles. The number of aliphatic hydroxyl groups is 1.